The average Bonchev–Trinajstić information content (AvgIpc) is 3.08. The lowest BCUT2D eigenvalue weighted by Gasteiger charge is -2.38. The zero-order chi connectivity index (χ0) is 15.5. The Hall–Kier alpha value is -1.62. The maximum Gasteiger partial charge on any atom is 0.272 e. The number of pyridine rings is 1. The minimum atomic E-state index is 0.0135. The summed E-state index contributed by atoms with van der Waals surface area (Å²) >= 11 is 0. The molecule has 0 radical (unpaired) electrons. The third-order valence-electron chi connectivity index (χ3n) is 5.22. The number of rotatable bonds is 3. The summed E-state index contributed by atoms with van der Waals surface area (Å²) in [6, 6.07) is 5.89. The van der Waals surface area contributed by atoms with Crippen molar-refractivity contribution in [2.24, 2.45) is 5.92 Å². The van der Waals surface area contributed by atoms with Crippen molar-refractivity contribution >= 4 is 11.7 Å². The van der Waals surface area contributed by atoms with E-state index in [1.165, 1.54) is 25.9 Å². The van der Waals surface area contributed by atoms with E-state index >= 15 is 0 Å². The van der Waals surface area contributed by atoms with Crippen LogP contribution in [0.1, 0.15) is 43.1 Å². The Morgan fingerprint density at radius 2 is 1.91 bits per heavy atom. The predicted molar refractivity (Wildman–Crippen MR) is 87.5 cm³/mol. The van der Waals surface area contributed by atoms with E-state index in [4.69, 9.17) is 5.73 Å². The van der Waals surface area contributed by atoms with Crippen LogP contribution in [0.25, 0.3) is 0 Å². The molecular formula is C17H26N4O. The van der Waals surface area contributed by atoms with Gasteiger partial charge in [-0.2, -0.15) is 0 Å². The van der Waals surface area contributed by atoms with Gasteiger partial charge in [0.15, 0.2) is 0 Å². The summed E-state index contributed by atoms with van der Waals surface area (Å²) in [4.78, 5) is 21.2. The molecule has 2 saturated heterocycles. The van der Waals surface area contributed by atoms with Crippen LogP contribution in [0.2, 0.25) is 0 Å². The molecule has 0 unspecified atom stereocenters. The van der Waals surface area contributed by atoms with Crippen LogP contribution < -0.4 is 5.73 Å². The highest BCUT2D eigenvalue weighted by Gasteiger charge is 2.30. The van der Waals surface area contributed by atoms with Gasteiger partial charge in [-0.3, -0.25) is 4.79 Å². The van der Waals surface area contributed by atoms with Crippen molar-refractivity contribution in [3.05, 3.63) is 23.9 Å². The van der Waals surface area contributed by atoms with Gasteiger partial charge < -0.3 is 15.5 Å². The highest BCUT2D eigenvalue weighted by Crippen LogP contribution is 2.27. The van der Waals surface area contributed by atoms with E-state index in [0.29, 0.717) is 23.5 Å². The maximum absolute atomic E-state index is 12.5. The first-order chi connectivity index (χ1) is 10.6. The first-order valence-electron chi connectivity index (χ1n) is 8.41. The highest BCUT2D eigenvalue weighted by atomic mass is 16.2. The van der Waals surface area contributed by atoms with Crippen LogP contribution in [0.3, 0.4) is 0 Å². The Morgan fingerprint density at radius 1 is 1.23 bits per heavy atom. The minimum absolute atomic E-state index is 0.0135. The van der Waals surface area contributed by atoms with E-state index in [1.54, 1.807) is 18.2 Å². The summed E-state index contributed by atoms with van der Waals surface area (Å²) in [6.45, 7) is 6.50. The molecule has 2 aliphatic heterocycles. The SMILES string of the molecule is C[C@H](C1CCN(C(=O)c2cccc(N)n2)CC1)N1CCCC1. The lowest BCUT2D eigenvalue weighted by molar-refractivity contribution is 0.0619. The van der Waals surface area contributed by atoms with Crippen molar-refractivity contribution in [2.45, 2.75) is 38.6 Å². The van der Waals surface area contributed by atoms with Gasteiger partial charge in [-0.25, -0.2) is 4.98 Å². The largest absolute Gasteiger partial charge is 0.384 e. The second-order valence-electron chi connectivity index (χ2n) is 6.56. The van der Waals surface area contributed by atoms with Gasteiger partial charge in [-0.15, -0.1) is 0 Å². The van der Waals surface area contributed by atoms with E-state index in [0.717, 1.165) is 25.9 Å². The fourth-order valence-corrected chi connectivity index (χ4v) is 3.76. The van der Waals surface area contributed by atoms with Crippen molar-refractivity contribution < 1.29 is 4.79 Å². The lowest BCUT2D eigenvalue weighted by Crippen LogP contribution is -2.45. The molecule has 5 heteroatoms. The molecular weight excluding hydrogens is 276 g/mol. The molecule has 0 aliphatic carbocycles. The van der Waals surface area contributed by atoms with Crippen molar-refractivity contribution in [3.63, 3.8) is 0 Å². The molecule has 1 aromatic rings. The van der Waals surface area contributed by atoms with Crippen LogP contribution in [0.15, 0.2) is 18.2 Å². The number of hydrogen-bond acceptors (Lipinski definition) is 4. The Kier molecular flexibility index (Phi) is 4.62. The van der Waals surface area contributed by atoms with Crippen LogP contribution in [0.5, 0.6) is 0 Å². The Labute approximate surface area is 132 Å². The maximum atomic E-state index is 12.5. The number of anilines is 1. The number of piperidine rings is 1. The van der Waals surface area contributed by atoms with E-state index in [2.05, 4.69) is 16.8 Å². The smallest absolute Gasteiger partial charge is 0.272 e. The summed E-state index contributed by atoms with van der Waals surface area (Å²) in [5, 5.41) is 0. The third kappa shape index (κ3) is 3.24. The van der Waals surface area contributed by atoms with Gasteiger partial charge in [-0.1, -0.05) is 6.07 Å². The molecule has 3 heterocycles. The first kappa shape index (κ1) is 15.3. The molecule has 2 fully saturated rings. The molecule has 0 bridgehead atoms. The van der Waals surface area contributed by atoms with E-state index in [-0.39, 0.29) is 5.91 Å². The molecule has 1 atom stereocenters. The van der Waals surface area contributed by atoms with Gasteiger partial charge in [0.05, 0.1) is 0 Å². The molecule has 2 N–H and O–H groups in total. The van der Waals surface area contributed by atoms with Gasteiger partial charge in [0, 0.05) is 19.1 Å². The molecule has 0 saturated carbocycles. The van der Waals surface area contributed by atoms with Crippen LogP contribution in [-0.4, -0.2) is 52.9 Å². The van der Waals surface area contributed by atoms with E-state index < -0.39 is 0 Å². The molecule has 0 spiro atoms. The number of carbonyl (C=O) groups excluding carboxylic acids is 1. The van der Waals surface area contributed by atoms with Crippen LogP contribution in [-0.2, 0) is 0 Å². The summed E-state index contributed by atoms with van der Waals surface area (Å²) in [6.07, 6.45) is 4.85. The molecule has 5 nitrogen and oxygen atoms in total. The Bertz CT molecular complexity index is 519. The van der Waals surface area contributed by atoms with Crippen molar-refractivity contribution in [2.75, 3.05) is 31.9 Å². The molecule has 3 rings (SSSR count). The number of hydrogen-bond donors (Lipinski definition) is 1. The van der Waals surface area contributed by atoms with Crippen molar-refractivity contribution in [1.82, 2.24) is 14.8 Å². The number of likely N-dealkylation sites (tertiary alicyclic amines) is 2. The lowest BCUT2D eigenvalue weighted by atomic mass is 9.89. The fourth-order valence-electron chi connectivity index (χ4n) is 3.76. The van der Waals surface area contributed by atoms with Gasteiger partial charge in [-0.05, 0) is 63.7 Å². The Balaban J connectivity index is 1.56. The highest BCUT2D eigenvalue weighted by molar-refractivity contribution is 5.92. The molecule has 1 aromatic heterocycles. The minimum Gasteiger partial charge on any atom is -0.384 e. The van der Waals surface area contributed by atoms with E-state index in [1.807, 2.05) is 4.90 Å². The van der Waals surface area contributed by atoms with Crippen molar-refractivity contribution in [3.8, 4) is 0 Å². The average molecular weight is 302 g/mol. The number of amides is 1. The molecule has 0 aromatic carbocycles. The zero-order valence-corrected chi connectivity index (χ0v) is 13.4. The third-order valence-corrected chi connectivity index (χ3v) is 5.22. The van der Waals surface area contributed by atoms with Gasteiger partial charge in [0.25, 0.3) is 5.91 Å². The molecule has 2 aliphatic rings. The topological polar surface area (TPSA) is 62.5 Å². The number of nitrogen functional groups attached to an aromatic ring is 1. The number of nitrogens with zero attached hydrogens (tertiary/aromatic N) is 3. The molecule has 22 heavy (non-hydrogen) atoms. The second kappa shape index (κ2) is 6.65. The van der Waals surface area contributed by atoms with E-state index in [9.17, 15) is 4.79 Å². The number of carbonyl (C=O) groups is 1. The van der Waals surface area contributed by atoms with Gasteiger partial charge in [0.1, 0.15) is 11.5 Å². The summed E-state index contributed by atoms with van der Waals surface area (Å²) < 4.78 is 0. The zero-order valence-electron chi connectivity index (χ0n) is 13.4. The predicted octanol–water partition coefficient (Wildman–Crippen LogP) is 2.00. The quantitative estimate of drug-likeness (QED) is 0.927. The van der Waals surface area contributed by atoms with Crippen LogP contribution in [0, 0.1) is 5.92 Å². The monoisotopic (exact) mass is 302 g/mol. The van der Waals surface area contributed by atoms with Gasteiger partial charge >= 0.3 is 0 Å². The normalized spacial score (nSPS) is 22.0. The van der Waals surface area contributed by atoms with Gasteiger partial charge in [0.2, 0.25) is 0 Å². The van der Waals surface area contributed by atoms with Crippen LogP contribution in [0.4, 0.5) is 5.82 Å². The first-order valence-corrected chi connectivity index (χ1v) is 8.41. The summed E-state index contributed by atoms with van der Waals surface area (Å²) in [5.41, 5.74) is 6.13. The fraction of sp³-hybridized carbons (Fsp3) is 0.647. The molecule has 1 amide bonds. The standard InChI is InChI=1S/C17H26N4O/c1-13(20-9-2-3-10-20)14-7-11-21(12-8-14)17(22)15-5-4-6-16(18)19-15/h4-6,13-14H,2-3,7-12H2,1H3,(H2,18,19)/t13-/m1/s1. The number of nitrogens with two attached hydrogens (primary N) is 1. The summed E-state index contributed by atoms with van der Waals surface area (Å²) in [7, 11) is 0. The van der Waals surface area contributed by atoms with Crippen LogP contribution >= 0.6 is 0 Å². The number of aromatic nitrogens is 1. The molecule has 120 valence electrons. The van der Waals surface area contributed by atoms with Crippen molar-refractivity contribution in [1.29, 1.82) is 0 Å². The second-order valence-corrected chi connectivity index (χ2v) is 6.56. The summed E-state index contributed by atoms with van der Waals surface area (Å²) in [5.74, 6) is 1.12. The Morgan fingerprint density at radius 3 is 2.55 bits per heavy atom.